The molecule has 0 spiro atoms. The molecule has 48 valence electrons. The van der Waals surface area contributed by atoms with E-state index in [4.69, 9.17) is 10.5 Å². The molecule has 0 rings (SSSR count). The molecule has 0 amide bonds. The van der Waals surface area contributed by atoms with Gasteiger partial charge in [0.15, 0.2) is 0 Å². The Kier molecular flexibility index (Phi) is 9.20. The molecule has 0 bridgehead atoms. The first-order valence-electron chi connectivity index (χ1n) is 1.24. The zero-order chi connectivity index (χ0) is 7.15. The Morgan fingerprint density at radius 1 is 1.00 bits per heavy atom. The molecule has 0 atom stereocenters. The largest absolute Gasteiger partial charge is 0.304 e. The second-order valence-electron chi connectivity index (χ2n) is 0.547. The monoisotopic (exact) mass is 160 g/mol. The van der Waals surface area contributed by atoms with Crippen LogP contribution in [0.25, 0.3) is 0 Å². The molecule has 4 nitrogen and oxygen atoms in total. The minimum Gasteiger partial charge on any atom is -0.271 e. The lowest BCUT2D eigenvalue weighted by atomic mass is 10.9. The van der Waals surface area contributed by atoms with Gasteiger partial charge in [-0.1, -0.05) is 0 Å². The summed E-state index contributed by atoms with van der Waals surface area (Å²) in [5.41, 5.74) is 0. The van der Waals surface area contributed by atoms with Crippen molar-refractivity contribution in [1.29, 1.82) is 0 Å². The Bertz CT molecular complexity index is 78.0. The summed E-state index contributed by atoms with van der Waals surface area (Å²) >= 11 is 8.98. The second-order valence-corrected chi connectivity index (χ2v) is 1.23. The highest BCUT2D eigenvalue weighted by atomic mass is 35.5. The molecule has 0 unspecified atom stereocenters. The van der Waals surface area contributed by atoms with Crippen LogP contribution in [0.15, 0.2) is 0 Å². The van der Waals surface area contributed by atoms with E-state index in [0.29, 0.717) is 0 Å². The molecule has 0 fully saturated rings. The molecule has 0 aromatic carbocycles. The minimum absolute atomic E-state index is 1.14. The molecular weight excluding hydrogens is 159 g/mol. The summed E-state index contributed by atoms with van der Waals surface area (Å²) in [6.45, 7) is 0. The van der Waals surface area contributed by atoms with Crippen LogP contribution in [0.3, 0.4) is 0 Å². The van der Waals surface area contributed by atoms with Crippen molar-refractivity contribution in [2.24, 2.45) is 0 Å². The number of carbonyl (C=O) groups excluding carboxylic acids is 2. The molecule has 6 heteroatoms. The molecule has 0 aliphatic heterocycles. The van der Waals surface area contributed by atoms with Crippen molar-refractivity contribution in [2.75, 3.05) is 0 Å². The maximum absolute atomic E-state index is 9.43. The lowest BCUT2D eigenvalue weighted by Crippen LogP contribution is -1.94. The number of carbonyl (C=O) groups is 2. The quantitative estimate of drug-likeness (QED) is 0.254. The van der Waals surface area contributed by atoms with E-state index in [9.17, 15) is 9.59 Å². The molecule has 0 radical (unpaired) electrons. The lowest BCUT2D eigenvalue weighted by Gasteiger charge is -1.67. The first kappa shape index (κ1) is 10.8. The average Bonchev–Trinajstić information content (AvgIpc) is 1.72. The zero-order valence-electron chi connectivity index (χ0n) is 3.47. The molecule has 0 aromatic rings. The molecule has 2 N–H and O–H groups in total. The minimum atomic E-state index is -1.14. The van der Waals surface area contributed by atoms with Gasteiger partial charge in [0, 0.05) is 0 Å². The van der Waals surface area contributed by atoms with Crippen LogP contribution in [0.1, 0.15) is 0 Å². The van der Waals surface area contributed by atoms with Gasteiger partial charge in [0.25, 0.3) is 0 Å². The van der Waals surface area contributed by atoms with Crippen LogP contribution in [-0.4, -0.2) is 21.0 Å². The van der Waals surface area contributed by atoms with Crippen LogP contribution in [0.5, 0.6) is 0 Å². The summed E-state index contributed by atoms with van der Waals surface area (Å²) in [5.74, 6) is 0. The standard InChI is InChI=1S/C2Cl2O2.H2O2/c3-1(5)2(4)6;1-2/h;1-2H. The number of halogens is 2. The van der Waals surface area contributed by atoms with E-state index >= 15 is 0 Å². The zero-order valence-corrected chi connectivity index (χ0v) is 4.98. The predicted molar refractivity (Wildman–Crippen MR) is 27.0 cm³/mol. The topological polar surface area (TPSA) is 74.6 Å². The fourth-order valence-electron chi connectivity index (χ4n) is 0. The van der Waals surface area contributed by atoms with Gasteiger partial charge in [-0.25, -0.2) is 0 Å². The van der Waals surface area contributed by atoms with Crippen molar-refractivity contribution in [1.82, 2.24) is 0 Å². The molecule has 0 saturated carbocycles. The number of hydrogen-bond donors (Lipinski definition) is 2. The maximum Gasteiger partial charge on any atom is 0.304 e. The van der Waals surface area contributed by atoms with E-state index in [-0.39, 0.29) is 0 Å². The molecule has 0 heterocycles. The van der Waals surface area contributed by atoms with Gasteiger partial charge in [0.05, 0.1) is 0 Å². The van der Waals surface area contributed by atoms with Crippen molar-refractivity contribution in [3.05, 3.63) is 0 Å². The summed E-state index contributed by atoms with van der Waals surface area (Å²) in [5, 5.41) is 9.72. The number of rotatable bonds is 1. The van der Waals surface area contributed by atoms with Gasteiger partial charge < -0.3 is 0 Å². The van der Waals surface area contributed by atoms with Crippen molar-refractivity contribution < 1.29 is 20.1 Å². The van der Waals surface area contributed by atoms with Gasteiger partial charge in [-0.15, -0.1) is 0 Å². The predicted octanol–water partition coefficient (Wildman–Crippen LogP) is 0.535. The van der Waals surface area contributed by atoms with Crippen LogP contribution in [0.4, 0.5) is 0 Å². The highest BCUT2D eigenvalue weighted by Gasteiger charge is 2.01. The summed E-state index contributed by atoms with van der Waals surface area (Å²) in [4.78, 5) is 18.9. The van der Waals surface area contributed by atoms with Crippen LogP contribution < -0.4 is 0 Å². The van der Waals surface area contributed by atoms with Crippen LogP contribution >= 0.6 is 23.2 Å². The SMILES string of the molecule is O=C(Cl)C(=O)Cl.OO. The third-order valence-corrected chi connectivity index (χ3v) is 0.595. The van der Waals surface area contributed by atoms with Gasteiger partial charge in [-0.3, -0.25) is 20.1 Å². The van der Waals surface area contributed by atoms with Crippen molar-refractivity contribution >= 4 is 33.7 Å². The van der Waals surface area contributed by atoms with E-state index in [1.807, 2.05) is 0 Å². The molecule has 0 aliphatic carbocycles. The van der Waals surface area contributed by atoms with Crippen LogP contribution in [0, 0.1) is 0 Å². The molecule has 0 aromatic heterocycles. The highest BCUT2D eigenvalue weighted by Crippen LogP contribution is 1.84. The van der Waals surface area contributed by atoms with Crippen LogP contribution in [0.2, 0.25) is 0 Å². The average molecular weight is 161 g/mol. The van der Waals surface area contributed by atoms with Gasteiger partial charge >= 0.3 is 10.5 Å². The van der Waals surface area contributed by atoms with E-state index in [2.05, 4.69) is 23.2 Å². The van der Waals surface area contributed by atoms with Gasteiger partial charge in [-0.05, 0) is 23.2 Å². The Morgan fingerprint density at radius 2 is 1.12 bits per heavy atom. The molecule has 8 heavy (non-hydrogen) atoms. The number of hydrogen-bond acceptors (Lipinski definition) is 4. The lowest BCUT2D eigenvalue weighted by molar-refractivity contribution is -0.176. The second kappa shape index (κ2) is 6.84. The fraction of sp³-hybridized carbons (Fsp3) is 0. The molecule has 0 aliphatic rings. The summed E-state index contributed by atoms with van der Waals surface area (Å²) in [6, 6.07) is 0. The van der Waals surface area contributed by atoms with Gasteiger partial charge in [0.2, 0.25) is 0 Å². The van der Waals surface area contributed by atoms with E-state index in [1.165, 1.54) is 0 Å². The summed E-state index contributed by atoms with van der Waals surface area (Å²) in [7, 11) is 0. The maximum atomic E-state index is 9.43. The fourth-order valence-corrected chi connectivity index (χ4v) is 0. The van der Waals surface area contributed by atoms with Gasteiger partial charge in [-0.2, -0.15) is 0 Å². The van der Waals surface area contributed by atoms with E-state index in [0.717, 1.165) is 0 Å². The van der Waals surface area contributed by atoms with Crippen LogP contribution in [-0.2, 0) is 9.59 Å². The first-order valence-corrected chi connectivity index (χ1v) is 1.99. The third-order valence-electron chi connectivity index (χ3n) is 0.155. The molecular formula is C2H2Cl2O4. The Labute approximate surface area is 54.6 Å². The Morgan fingerprint density at radius 3 is 1.12 bits per heavy atom. The van der Waals surface area contributed by atoms with E-state index in [1.54, 1.807) is 0 Å². The third kappa shape index (κ3) is 9.28. The van der Waals surface area contributed by atoms with Crippen molar-refractivity contribution in [2.45, 2.75) is 0 Å². The van der Waals surface area contributed by atoms with Crippen molar-refractivity contribution in [3.8, 4) is 0 Å². The highest BCUT2D eigenvalue weighted by molar-refractivity contribution is 6.97. The summed E-state index contributed by atoms with van der Waals surface area (Å²) < 4.78 is 0. The first-order chi connectivity index (χ1) is 3.64. The molecule has 0 saturated heterocycles. The normalized spacial score (nSPS) is 6.50. The smallest absolute Gasteiger partial charge is 0.271 e. The van der Waals surface area contributed by atoms with Gasteiger partial charge in [0.1, 0.15) is 0 Å². The van der Waals surface area contributed by atoms with E-state index < -0.39 is 10.5 Å². The Hall–Kier alpha value is -0.160. The summed E-state index contributed by atoms with van der Waals surface area (Å²) in [6.07, 6.45) is 0. The van der Waals surface area contributed by atoms with Crippen molar-refractivity contribution in [3.63, 3.8) is 0 Å². The Balaban J connectivity index is 0.